The van der Waals surface area contributed by atoms with Crippen molar-refractivity contribution in [2.75, 3.05) is 6.26 Å². The maximum Gasteiger partial charge on any atom is 0.261 e. The van der Waals surface area contributed by atoms with Gasteiger partial charge in [-0.2, -0.15) is 0 Å². The molecule has 0 spiro atoms. The van der Waals surface area contributed by atoms with Crippen molar-refractivity contribution in [3.8, 4) is 5.75 Å². The molecule has 2 aromatic carbocycles. The molecule has 26 heavy (non-hydrogen) atoms. The SMILES string of the molecule is CCC(NC(=O)C(C)Oc1ccc(Br)cc1)c1ccc(S(C)(=O)=O)cc1. The highest BCUT2D eigenvalue weighted by molar-refractivity contribution is 9.10. The molecule has 0 aliphatic heterocycles. The fourth-order valence-corrected chi connectivity index (χ4v) is 3.32. The summed E-state index contributed by atoms with van der Waals surface area (Å²) in [5.41, 5.74) is 0.851. The number of hydrogen-bond acceptors (Lipinski definition) is 4. The van der Waals surface area contributed by atoms with Crippen molar-refractivity contribution in [2.24, 2.45) is 0 Å². The Labute approximate surface area is 162 Å². The molecule has 140 valence electrons. The molecule has 0 heterocycles. The van der Waals surface area contributed by atoms with E-state index in [0.29, 0.717) is 12.2 Å². The normalized spacial score (nSPS) is 13.7. The molecule has 0 bridgehead atoms. The van der Waals surface area contributed by atoms with E-state index in [4.69, 9.17) is 4.74 Å². The number of sulfone groups is 1. The Morgan fingerprint density at radius 2 is 1.69 bits per heavy atom. The van der Waals surface area contributed by atoms with Crippen LogP contribution in [-0.2, 0) is 14.6 Å². The van der Waals surface area contributed by atoms with Crippen LogP contribution in [0, 0.1) is 0 Å². The van der Waals surface area contributed by atoms with Gasteiger partial charge >= 0.3 is 0 Å². The lowest BCUT2D eigenvalue weighted by Crippen LogP contribution is -2.38. The van der Waals surface area contributed by atoms with Gasteiger partial charge in [0.1, 0.15) is 5.75 Å². The lowest BCUT2D eigenvalue weighted by atomic mass is 10.0. The molecule has 0 radical (unpaired) electrons. The molecule has 0 saturated carbocycles. The van der Waals surface area contributed by atoms with Gasteiger partial charge in [-0.25, -0.2) is 8.42 Å². The number of benzene rings is 2. The average Bonchev–Trinajstić information content (AvgIpc) is 2.60. The lowest BCUT2D eigenvalue weighted by molar-refractivity contribution is -0.128. The monoisotopic (exact) mass is 439 g/mol. The Hall–Kier alpha value is -1.86. The predicted molar refractivity (Wildman–Crippen MR) is 105 cm³/mol. The van der Waals surface area contributed by atoms with Gasteiger partial charge in [-0.3, -0.25) is 4.79 Å². The zero-order valence-electron chi connectivity index (χ0n) is 14.9. The summed E-state index contributed by atoms with van der Waals surface area (Å²) < 4.78 is 29.7. The Morgan fingerprint density at radius 3 is 2.19 bits per heavy atom. The fraction of sp³-hybridized carbons (Fsp3) is 0.316. The summed E-state index contributed by atoms with van der Waals surface area (Å²) >= 11 is 3.35. The minimum atomic E-state index is -3.24. The van der Waals surface area contributed by atoms with Crippen molar-refractivity contribution in [2.45, 2.75) is 37.3 Å². The highest BCUT2D eigenvalue weighted by atomic mass is 79.9. The summed E-state index contributed by atoms with van der Waals surface area (Å²) in [4.78, 5) is 12.7. The molecule has 0 aliphatic carbocycles. The maximum absolute atomic E-state index is 12.4. The Balaban J connectivity index is 2.04. The number of carbonyl (C=O) groups excluding carboxylic acids is 1. The van der Waals surface area contributed by atoms with E-state index >= 15 is 0 Å². The van der Waals surface area contributed by atoms with E-state index in [0.717, 1.165) is 10.0 Å². The van der Waals surface area contributed by atoms with Crippen LogP contribution in [0.15, 0.2) is 57.9 Å². The van der Waals surface area contributed by atoms with Crippen LogP contribution >= 0.6 is 15.9 Å². The third kappa shape index (κ3) is 5.57. The van der Waals surface area contributed by atoms with E-state index < -0.39 is 15.9 Å². The first-order chi connectivity index (χ1) is 12.2. The minimum Gasteiger partial charge on any atom is -0.481 e. The molecule has 2 unspecified atom stereocenters. The Bertz CT molecular complexity index is 848. The second kappa shape index (κ2) is 8.68. The molecular weight excluding hydrogens is 418 g/mol. The zero-order valence-corrected chi connectivity index (χ0v) is 17.3. The van der Waals surface area contributed by atoms with Crippen molar-refractivity contribution >= 4 is 31.7 Å². The van der Waals surface area contributed by atoms with E-state index in [9.17, 15) is 13.2 Å². The van der Waals surface area contributed by atoms with Crippen molar-refractivity contribution in [3.63, 3.8) is 0 Å². The van der Waals surface area contributed by atoms with Gasteiger partial charge in [0.2, 0.25) is 0 Å². The molecule has 1 N–H and O–H groups in total. The number of halogens is 1. The van der Waals surface area contributed by atoms with Gasteiger partial charge in [0.05, 0.1) is 10.9 Å². The molecule has 0 saturated heterocycles. The number of hydrogen-bond donors (Lipinski definition) is 1. The molecule has 2 aromatic rings. The van der Waals surface area contributed by atoms with E-state index in [1.165, 1.54) is 6.26 Å². The van der Waals surface area contributed by atoms with Crippen LogP contribution in [0.1, 0.15) is 31.9 Å². The molecule has 2 atom stereocenters. The smallest absolute Gasteiger partial charge is 0.261 e. The largest absolute Gasteiger partial charge is 0.481 e. The summed E-state index contributed by atoms with van der Waals surface area (Å²) in [6.45, 7) is 3.65. The van der Waals surface area contributed by atoms with Crippen molar-refractivity contribution in [3.05, 3.63) is 58.6 Å². The molecule has 2 rings (SSSR count). The maximum atomic E-state index is 12.4. The number of rotatable bonds is 7. The zero-order chi connectivity index (χ0) is 19.3. The highest BCUT2D eigenvalue weighted by Crippen LogP contribution is 2.21. The number of ether oxygens (including phenoxy) is 1. The third-order valence-corrected chi connectivity index (χ3v) is 5.59. The fourth-order valence-electron chi connectivity index (χ4n) is 2.43. The predicted octanol–water partition coefficient (Wildman–Crippen LogP) is 3.89. The molecule has 5 nitrogen and oxygen atoms in total. The molecule has 7 heteroatoms. The summed E-state index contributed by atoms with van der Waals surface area (Å²) in [6.07, 6.45) is 1.19. The number of nitrogens with one attached hydrogen (secondary N) is 1. The number of carbonyl (C=O) groups is 1. The topological polar surface area (TPSA) is 72.5 Å². The second-order valence-electron chi connectivity index (χ2n) is 6.02. The molecule has 0 aromatic heterocycles. The van der Waals surface area contributed by atoms with Crippen LogP contribution < -0.4 is 10.1 Å². The lowest BCUT2D eigenvalue weighted by Gasteiger charge is -2.21. The van der Waals surface area contributed by atoms with Gasteiger partial charge in [0.25, 0.3) is 5.91 Å². The quantitative estimate of drug-likeness (QED) is 0.709. The first-order valence-corrected chi connectivity index (χ1v) is 10.9. The van der Waals surface area contributed by atoms with Gasteiger partial charge in [0.15, 0.2) is 15.9 Å². The summed E-state index contributed by atoms with van der Waals surface area (Å²) in [5, 5.41) is 2.95. The van der Waals surface area contributed by atoms with Crippen LogP contribution in [0.5, 0.6) is 5.75 Å². The average molecular weight is 440 g/mol. The summed E-state index contributed by atoms with van der Waals surface area (Å²) in [6, 6.07) is 13.6. The summed E-state index contributed by atoms with van der Waals surface area (Å²) in [7, 11) is -3.24. The van der Waals surface area contributed by atoms with Gasteiger partial charge in [-0.05, 0) is 55.3 Å². The van der Waals surface area contributed by atoms with Crippen LogP contribution in [0.25, 0.3) is 0 Å². The van der Waals surface area contributed by atoms with Gasteiger partial charge in [-0.1, -0.05) is 35.0 Å². The van der Waals surface area contributed by atoms with E-state index in [1.807, 2.05) is 19.1 Å². The molecule has 0 fully saturated rings. The van der Waals surface area contributed by atoms with Crippen molar-refractivity contribution < 1.29 is 17.9 Å². The van der Waals surface area contributed by atoms with Gasteiger partial charge < -0.3 is 10.1 Å². The highest BCUT2D eigenvalue weighted by Gasteiger charge is 2.20. The molecule has 1 amide bonds. The Morgan fingerprint density at radius 1 is 1.12 bits per heavy atom. The third-order valence-electron chi connectivity index (χ3n) is 3.93. The number of amides is 1. The van der Waals surface area contributed by atoms with Gasteiger partial charge in [0, 0.05) is 10.7 Å². The standard InChI is InChI=1S/C19H22BrNO4S/c1-4-18(14-5-11-17(12-6-14)26(3,23)24)21-19(22)13(2)25-16-9-7-15(20)8-10-16/h5-13,18H,4H2,1-3H3,(H,21,22). The van der Waals surface area contributed by atoms with Crippen LogP contribution in [0.4, 0.5) is 0 Å². The van der Waals surface area contributed by atoms with Crippen LogP contribution in [0.2, 0.25) is 0 Å². The van der Waals surface area contributed by atoms with E-state index in [-0.39, 0.29) is 16.8 Å². The van der Waals surface area contributed by atoms with E-state index in [1.54, 1.807) is 43.3 Å². The van der Waals surface area contributed by atoms with Crippen LogP contribution in [0.3, 0.4) is 0 Å². The van der Waals surface area contributed by atoms with E-state index in [2.05, 4.69) is 21.2 Å². The Kier molecular flexibility index (Phi) is 6.83. The summed E-state index contributed by atoms with van der Waals surface area (Å²) in [5.74, 6) is 0.383. The molecular formula is C19H22BrNO4S. The molecule has 0 aliphatic rings. The van der Waals surface area contributed by atoms with Crippen molar-refractivity contribution in [1.82, 2.24) is 5.32 Å². The first-order valence-electron chi connectivity index (χ1n) is 8.23. The van der Waals surface area contributed by atoms with Crippen LogP contribution in [-0.4, -0.2) is 26.7 Å². The first kappa shape index (κ1) is 20.5. The van der Waals surface area contributed by atoms with Crippen molar-refractivity contribution in [1.29, 1.82) is 0 Å². The minimum absolute atomic E-state index is 0.216. The van der Waals surface area contributed by atoms with Gasteiger partial charge in [-0.15, -0.1) is 0 Å². The second-order valence-corrected chi connectivity index (χ2v) is 8.96.